The predicted octanol–water partition coefficient (Wildman–Crippen LogP) is 0.426. The highest BCUT2D eigenvalue weighted by Gasteiger charge is 2.32. The van der Waals surface area contributed by atoms with Gasteiger partial charge in [0.25, 0.3) is 0 Å². The fourth-order valence-electron chi connectivity index (χ4n) is 2.08. The van der Waals surface area contributed by atoms with E-state index in [0.29, 0.717) is 5.92 Å². The van der Waals surface area contributed by atoms with Gasteiger partial charge in [0.1, 0.15) is 0 Å². The van der Waals surface area contributed by atoms with Crippen molar-refractivity contribution >= 4 is 0 Å². The topological polar surface area (TPSA) is 49.5 Å². The highest BCUT2D eigenvalue weighted by Crippen LogP contribution is 2.23. The highest BCUT2D eigenvalue weighted by molar-refractivity contribution is 4.89. The smallest absolute Gasteiger partial charge is 0.0745 e. The fraction of sp³-hybridized carbons (Fsp3) is 1.00. The molecule has 0 aliphatic carbocycles. The van der Waals surface area contributed by atoms with Gasteiger partial charge in [0.05, 0.1) is 5.60 Å². The summed E-state index contributed by atoms with van der Waals surface area (Å²) in [6.07, 6.45) is 2.35. The standard InChI is InChI=1S/C10H22N2O/c1-10(2,13)9(11)8-5-4-6-12(3)7-8/h8-9,13H,4-7,11H2,1-3H3. The van der Waals surface area contributed by atoms with Crippen LogP contribution in [0.15, 0.2) is 0 Å². The molecule has 1 aliphatic heterocycles. The second-order valence-electron chi connectivity index (χ2n) is 4.84. The minimum absolute atomic E-state index is 0.102. The first kappa shape index (κ1) is 11.0. The molecule has 0 radical (unpaired) electrons. The highest BCUT2D eigenvalue weighted by atomic mass is 16.3. The van der Waals surface area contributed by atoms with Crippen molar-refractivity contribution in [3.05, 3.63) is 0 Å². The third-order valence-electron chi connectivity index (χ3n) is 2.98. The number of likely N-dealkylation sites (tertiary alicyclic amines) is 1. The number of rotatable bonds is 2. The van der Waals surface area contributed by atoms with Crippen LogP contribution < -0.4 is 5.73 Å². The van der Waals surface area contributed by atoms with Crippen LogP contribution in [0.3, 0.4) is 0 Å². The average molecular weight is 186 g/mol. The molecular weight excluding hydrogens is 164 g/mol. The van der Waals surface area contributed by atoms with Crippen LogP contribution in [0.25, 0.3) is 0 Å². The summed E-state index contributed by atoms with van der Waals surface area (Å²) in [4.78, 5) is 2.29. The van der Waals surface area contributed by atoms with Crippen LogP contribution in [-0.4, -0.2) is 41.8 Å². The van der Waals surface area contributed by atoms with Gasteiger partial charge in [-0.2, -0.15) is 0 Å². The number of nitrogens with two attached hydrogens (primary N) is 1. The molecule has 1 saturated heterocycles. The Hall–Kier alpha value is -0.120. The fourth-order valence-corrected chi connectivity index (χ4v) is 2.08. The number of hydrogen-bond donors (Lipinski definition) is 2. The molecule has 0 saturated carbocycles. The van der Waals surface area contributed by atoms with Crippen molar-refractivity contribution in [1.29, 1.82) is 0 Å². The van der Waals surface area contributed by atoms with Crippen molar-refractivity contribution in [3.63, 3.8) is 0 Å². The van der Waals surface area contributed by atoms with Gasteiger partial charge < -0.3 is 15.7 Å². The summed E-state index contributed by atoms with van der Waals surface area (Å²) >= 11 is 0. The van der Waals surface area contributed by atoms with E-state index in [0.717, 1.165) is 19.5 Å². The van der Waals surface area contributed by atoms with Crippen LogP contribution in [-0.2, 0) is 0 Å². The van der Waals surface area contributed by atoms with E-state index in [4.69, 9.17) is 5.73 Å². The molecule has 0 aromatic heterocycles. The van der Waals surface area contributed by atoms with Crippen LogP contribution in [0.4, 0.5) is 0 Å². The number of hydrogen-bond acceptors (Lipinski definition) is 3. The van der Waals surface area contributed by atoms with Crippen molar-refractivity contribution in [1.82, 2.24) is 4.90 Å². The molecule has 78 valence electrons. The van der Waals surface area contributed by atoms with Crippen molar-refractivity contribution in [3.8, 4) is 0 Å². The Morgan fingerprint density at radius 2 is 2.15 bits per heavy atom. The van der Waals surface area contributed by atoms with E-state index >= 15 is 0 Å². The molecule has 0 aromatic carbocycles. The first-order chi connectivity index (χ1) is 5.91. The first-order valence-corrected chi connectivity index (χ1v) is 5.08. The van der Waals surface area contributed by atoms with E-state index in [-0.39, 0.29) is 6.04 Å². The number of nitrogens with zero attached hydrogens (tertiary/aromatic N) is 1. The molecule has 3 heteroatoms. The zero-order chi connectivity index (χ0) is 10.1. The molecule has 0 spiro atoms. The maximum absolute atomic E-state index is 9.78. The van der Waals surface area contributed by atoms with E-state index in [1.807, 2.05) is 0 Å². The van der Waals surface area contributed by atoms with Crippen LogP contribution in [0.2, 0.25) is 0 Å². The molecule has 13 heavy (non-hydrogen) atoms. The second-order valence-corrected chi connectivity index (χ2v) is 4.84. The van der Waals surface area contributed by atoms with Gasteiger partial charge in [0, 0.05) is 12.6 Å². The Morgan fingerprint density at radius 3 is 2.62 bits per heavy atom. The quantitative estimate of drug-likeness (QED) is 0.657. The van der Waals surface area contributed by atoms with Gasteiger partial charge in [0.2, 0.25) is 0 Å². The lowest BCUT2D eigenvalue weighted by Crippen LogP contribution is -2.52. The van der Waals surface area contributed by atoms with Gasteiger partial charge in [0.15, 0.2) is 0 Å². The first-order valence-electron chi connectivity index (χ1n) is 5.08. The Kier molecular flexibility index (Phi) is 3.33. The molecule has 1 rings (SSSR count). The minimum atomic E-state index is -0.747. The molecule has 1 heterocycles. The van der Waals surface area contributed by atoms with E-state index in [1.54, 1.807) is 13.8 Å². The third kappa shape index (κ3) is 2.93. The monoisotopic (exact) mass is 186 g/mol. The van der Waals surface area contributed by atoms with Gasteiger partial charge in [-0.25, -0.2) is 0 Å². The lowest BCUT2D eigenvalue weighted by molar-refractivity contribution is 0.0150. The van der Waals surface area contributed by atoms with E-state index in [9.17, 15) is 5.11 Å². The zero-order valence-electron chi connectivity index (χ0n) is 8.95. The Balaban J connectivity index is 2.51. The molecule has 0 aromatic rings. The van der Waals surface area contributed by atoms with E-state index in [1.165, 1.54) is 6.42 Å². The normalized spacial score (nSPS) is 28.8. The molecule has 1 aliphatic rings. The second kappa shape index (κ2) is 3.95. The predicted molar refractivity (Wildman–Crippen MR) is 54.5 cm³/mol. The maximum Gasteiger partial charge on any atom is 0.0745 e. The summed E-state index contributed by atoms with van der Waals surface area (Å²) in [6, 6.07) is -0.102. The molecule has 3 N–H and O–H groups in total. The summed E-state index contributed by atoms with van der Waals surface area (Å²) in [5, 5.41) is 9.78. The lowest BCUT2D eigenvalue weighted by Gasteiger charge is -2.38. The third-order valence-corrected chi connectivity index (χ3v) is 2.98. The van der Waals surface area contributed by atoms with Crippen molar-refractivity contribution in [2.75, 3.05) is 20.1 Å². The lowest BCUT2D eigenvalue weighted by atomic mass is 9.83. The Labute approximate surface area is 80.9 Å². The zero-order valence-corrected chi connectivity index (χ0v) is 8.95. The molecule has 2 unspecified atom stereocenters. The minimum Gasteiger partial charge on any atom is -0.389 e. The molecule has 3 nitrogen and oxygen atoms in total. The molecule has 1 fully saturated rings. The Bertz CT molecular complexity index is 165. The van der Waals surface area contributed by atoms with Crippen LogP contribution in [0.5, 0.6) is 0 Å². The van der Waals surface area contributed by atoms with Crippen LogP contribution in [0.1, 0.15) is 26.7 Å². The summed E-state index contributed by atoms with van der Waals surface area (Å²) in [5.74, 6) is 0.443. The molecule has 2 atom stereocenters. The van der Waals surface area contributed by atoms with Crippen molar-refractivity contribution < 1.29 is 5.11 Å². The molecule has 0 amide bonds. The summed E-state index contributed by atoms with van der Waals surface area (Å²) < 4.78 is 0. The van der Waals surface area contributed by atoms with Crippen molar-refractivity contribution in [2.45, 2.75) is 38.3 Å². The van der Waals surface area contributed by atoms with Crippen LogP contribution in [0, 0.1) is 5.92 Å². The molecule has 0 bridgehead atoms. The SMILES string of the molecule is CN1CCCC(C(N)C(C)(C)O)C1. The van der Waals surface area contributed by atoms with Gasteiger partial charge in [-0.05, 0) is 46.2 Å². The molecular formula is C10H22N2O. The number of piperidine rings is 1. The number of aliphatic hydroxyl groups is 1. The van der Waals surface area contributed by atoms with Crippen LogP contribution >= 0.6 is 0 Å². The van der Waals surface area contributed by atoms with Crippen molar-refractivity contribution in [2.24, 2.45) is 11.7 Å². The summed E-state index contributed by atoms with van der Waals surface area (Å²) in [6.45, 7) is 5.78. The average Bonchev–Trinajstić information content (AvgIpc) is 2.01. The summed E-state index contributed by atoms with van der Waals surface area (Å²) in [7, 11) is 2.11. The maximum atomic E-state index is 9.78. The van der Waals surface area contributed by atoms with Gasteiger partial charge >= 0.3 is 0 Å². The largest absolute Gasteiger partial charge is 0.389 e. The van der Waals surface area contributed by atoms with Gasteiger partial charge in [-0.15, -0.1) is 0 Å². The summed E-state index contributed by atoms with van der Waals surface area (Å²) in [5.41, 5.74) is 5.26. The Morgan fingerprint density at radius 1 is 1.54 bits per heavy atom. The van der Waals surface area contributed by atoms with E-state index in [2.05, 4.69) is 11.9 Å². The van der Waals surface area contributed by atoms with Gasteiger partial charge in [-0.3, -0.25) is 0 Å². The van der Waals surface area contributed by atoms with E-state index < -0.39 is 5.60 Å². The van der Waals surface area contributed by atoms with Gasteiger partial charge in [-0.1, -0.05) is 0 Å².